The van der Waals surface area contributed by atoms with Crippen LogP contribution in [0.5, 0.6) is 11.5 Å². The lowest BCUT2D eigenvalue weighted by molar-refractivity contribution is -0.274. The maximum Gasteiger partial charge on any atom is 0.573 e. The summed E-state index contributed by atoms with van der Waals surface area (Å²) >= 11 is 6.06. The van der Waals surface area contributed by atoms with Crippen LogP contribution in [0.25, 0.3) is 0 Å². The van der Waals surface area contributed by atoms with E-state index in [-0.39, 0.29) is 12.5 Å². The minimum atomic E-state index is -4.83. The maximum absolute atomic E-state index is 12.9. The zero-order valence-electron chi connectivity index (χ0n) is 18.8. The second-order valence-corrected chi connectivity index (χ2v) is 9.24. The van der Waals surface area contributed by atoms with E-state index in [1.807, 2.05) is 6.92 Å². The summed E-state index contributed by atoms with van der Waals surface area (Å²) in [4.78, 5) is 0. The van der Waals surface area contributed by atoms with Crippen LogP contribution in [0.1, 0.15) is 36.8 Å². The van der Waals surface area contributed by atoms with Crippen molar-refractivity contribution in [2.45, 2.75) is 69.3 Å². The van der Waals surface area contributed by atoms with Crippen LogP contribution in [0, 0.1) is 6.92 Å². The number of hydrogen-bond acceptors (Lipinski definition) is 4. The van der Waals surface area contributed by atoms with E-state index in [0.29, 0.717) is 42.0 Å². The molecule has 1 aliphatic carbocycles. The second kappa shape index (κ2) is 10.8. The molecule has 35 heavy (non-hydrogen) atoms. The number of hydrogen-bond donors (Lipinski definition) is 2. The summed E-state index contributed by atoms with van der Waals surface area (Å²) in [6.45, 7) is 1.11. The number of aliphatic hydroxyl groups excluding tert-OH is 1. The Morgan fingerprint density at radius 3 is 2.34 bits per heavy atom. The van der Waals surface area contributed by atoms with Crippen molar-refractivity contribution >= 4 is 11.6 Å². The van der Waals surface area contributed by atoms with Crippen LogP contribution in [-0.4, -0.2) is 41.9 Å². The van der Waals surface area contributed by atoms with Gasteiger partial charge in [-0.25, -0.2) is 0 Å². The third-order valence-electron chi connectivity index (χ3n) is 5.98. The molecule has 3 atom stereocenters. The first-order valence-electron chi connectivity index (χ1n) is 11.0. The van der Waals surface area contributed by atoms with Crippen LogP contribution < -0.4 is 14.8 Å². The number of aryl methyl sites for hydroxylation is 1. The highest BCUT2D eigenvalue weighted by atomic mass is 35.5. The number of nitrogens with one attached hydrogen (secondary N) is 1. The Kier molecular flexibility index (Phi) is 8.49. The zero-order valence-corrected chi connectivity index (χ0v) is 19.6. The summed E-state index contributed by atoms with van der Waals surface area (Å²) in [5.41, 5.74) is 0.554. The number of ether oxygens (including phenoxy) is 2. The van der Waals surface area contributed by atoms with Crippen molar-refractivity contribution in [3.05, 3.63) is 58.6 Å². The van der Waals surface area contributed by atoms with Gasteiger partial charge in [-0.3, -0.25) is 0 Å². The van der Waals surface area contributed by atoms with Gasteiger partial charge < -0.3 is 19.9 Å². The first-order chi connectivity index (χ1) is 16.2. The SMILES string of the molecule is Cc1cc(OC2CCCC(Cc3ccc(OC(F)(F)F)cc3)(NCC(O)C(F)(F)F)C2)ccc1Cl. The first kappa shape index (κ1) is 27.4. The lowest BCUT2D eigenvalue weighted by Crippen LogP contribution is -2.55. The molecule has 0 bridgehead atoms. The smallest absolute Gasteiger partial charge is 0.490 e. The van der Waals surface area contributed by atoms with E-state index < -0.39 is 36.5 Å². The Bertz CT molecular complexity index is 983. The molecular formula is C24H26ClF6NO3. The standard InChI is InChI=1S/C24H26ClF6NO3/c1-15-11-18(8-9-20(15)25)34-19-3-2-10-22(13-19,32-14-21(33)23(26,27)28)12-16-4-6-17(7-5-16)35-24(29,30)31/h4-9,11,19,21,32-33H,2-3,10,12-14H2,1H3. The molecule has 0 aliphatic heterocycles. The van der Waals surface area contributed by atoms with E-state index >= 15 is 0 Å². The predicted molar refractivity (Wildman–Crippen MR) is 119 cm³/mol. The molecule has 4 nitrogen and oxygen atoms in total. The highest BCUT2D eigenvalue weighted by Crippen LogP contribution is 2.35. The molecule has 2 N–H and O–H groups in total. The lowest BCUT2D eigenvalue weighted by Gasteiger charge is -2.42. The van der Waals surface area contributed by atoms with Gasteiger partial charge >= 0.3 is 12.5 Å². The molecule has 1 saturated carbocycles. The Balaban J connectivity index is 1.78. The Hall–Kier alpha value is -2.17. The van der Waals surface area contributed by atoms with Crippen LogP contribution in [0.3, 0.4) is 0 Å². The molecule has 1 fully saturated rings. The fraction of sp³-hybridized carbons (Fsp3) is 0.500. The monoisotopic (exact) mass is 525 g/mol. The van der Waals surface area contributed by atoms with Gasteiger partial charge in [-0.2, -0.15) is 13.2 Å². The Morgan fingerprint density at radius 1 is 1.09 bits per heavy atom. The van der Waals surface area contributed by atoms with Gasteiger partial charge in [-0.1, -0.05) is 23.7 Å². The van der Waals surface area contributed by atoms with E-state index in [4.69, 9.17) is 16.3 Å². The van der Waals surface area contributed by atoms with Crippen LogP contribution in [0.4, 0.5) is 26.3 Å². The van der Waals surface area contributed by atoms with Crippen molar-refractivity contribution in [2.75, 3.05) is 6.54 Å². The summed E-state index contributed by atoms with van der Waals surface area (Å²) in [5, 5.41) is 13.0. The zero-order chi connectivity index (χ0) is 25.9. The third kappa shape index (κ3) is 8.18. The Morgan fingerprint density at radius 2 is 1.74 bits per heavy atom. The van der Waals surface area contributed by atoms with Crippen LogP contribution in [0.15, 0.2) is 42.5 Å². The van der Waals surface area contributed by atoms with Gasteiger partial charge in [-0.05, 0) is 74.1 Å². The van der Waals surface area contributed by atoms with E-state index in [0.717, 1.165) is 17.7 Å². The molecule has 3 rings (SSSR count). The van der Waals surface area contributed by atoms with E-state index in [1.54, 1.807) is 18.2 Å². The van der Waals surface area contributed by atoms with Gasteiger partial charge in [0.25, 0.3) is 0 Å². The minimum absolute atomic E-state index is 0.226. The largest absolute Gasteiger partial charge is 0.573 e. The lowest BCUT2D eigenvalue weighted by atomic mass is 9.76. The normalized spacial score (nSPS) is 22.0. The average Bonchev–Trinajstić information content (AvgIpc) is 2.75. The average molecular weight is 526 g/mol. The predicted octanol–water partition coefficient (Wildman–Crippen LogP) is 6.36. The quantitative estimate of drug-likeness (QED) is 0.394. The number of benzene rings is 2. The third-order valence-corrected chi connectivity index (χ3v) is 6.40. The number of β-amino-alcohol motifs (C(OH)–C–C–N with tert-alkyl or cyclic N) is 1. The van der Waals surface area contributed by atoms with Crippen LogP contribution in [0.2, 0.25) is 5.02 Å². The summed E-state index contributed by atoms with van der Waals surface area (Å²) in [6.07, 6.45) is -10.1. The van der Waals surface area contributed by atoms with Gasteiger partial charge in [-0.15, -0.1) is 13.2 Å². The molecule has 0 saturated heterocycles. The molecular weight excluding hydrogens is 500 g/mol. The highest BCUT2D eigenvalue weighted by molar-refractivity contribution is 6.31. The molecule has 0 aromatic heterocycles. The molecule has 0 heterocycles. The molecule has 0 radical (unpaired) electrons. The van der Waals surface area contributed by atoms with Crippen molar-refractivity contribution in [1.82, 2.24) is 5.32 Å². The Labute approximate surface area is 204 Å². The van der Waals surface area contributed by atoms with Crippen molar-refractivity contribution in [3.63, 3.8) is 0 Å². The summed E-state index contributed by atoms with van der Waals surface area (Å²) < 4.78 is 86.1. The fourth-order valence-corrected chi connectivity index (χ4v) is 4.42. The molecule has 2 aromatic rings. The summed E-state index contributed by atoms with van der Waals surface area (Å²) in [5.74, 6) is 0.190. The number of halogens is 7. The molecule has 1 aliphatic rings. The minimum Gasteiger partial charge on any atom is -0.490 e. The van der Waals surface area contributed by atoms with Gasteiger partial charge in [0.2, 0.25) is 0 Å². The van der Waals surface area contributed by atoms with Crippen molar-refractivity contribution in [1.29, 1.82) is 0 Å². The molecule has 3 unspecified atom stereocenters. The van der Waals surface area contributed by atoms with Crippen molar-refractivity contribution < 1.29 is 40.9 Å². The van der Waals surface area contributed by atoms with Crippen LogP contribution >= 0.6 is 11.6 Å². The number of aliphatic hydroxyl groups is 1. The molecule has 11 heteroatoms. The topological polar surface area (TPSA) is 50.7 Å². The number of rotatable bonds is 8. The van der Waals surface area contributed by atoms with Gasteiger partial charge in [0, 0.05) is 23.5 Å². The number of alkyl halides is 6. The summed E-state index contributed by atoms with van der Waals surface area (Å²) in [7, 11) is 0. The molecule has 2 aromatic carbocycles. The van der Waals surface area contributed by atoms with Crippen LogP contribution in [-0.2, 0) is 6.42 Å². The van der Waals surface area contributed by atoms with Crippen molar-refractivity contribution in [2.24, 2.45) is 0 Å². The van der Waals surface area contributed by atoms with Crippen molar-refractivity contribution in [3.8, 4) is 11.5 Å². The van der Waals surface area contributed by atoms with E-state index in [2.05, 4.69) is 10.1 Å². The fourth-order valence-electron chi connectivity index (χ4n) is 4.30. The molecule has 0 amide bonds. The first-order valence-corrected chi connectivity index (χ1v) is 11.4. The van der Waals surface area contributed by atoms with Gasteiger partial charge in [0.1, 0.15) is 17.6 Å². The van der Waals surface area contributed by atoms with E-state index in [1.165, 1.54) is 12.1 Å². The molecule has 0 spiro atoms. The highest BCUT2D eigenvalue weighted by Gasteiger charge is 2.42. The van der Waals surface area contributed by atoms with Gasteiger partial charge in [0.05, 0.1) is 0 Å². The summed E-state index contributed by atoms with van der Waals surface area (Å²) in [6, 6.07) is 10.4. The second-order valence-electron chi connectivity index (χ2n) is 8.83. The molecule has 194 valence electrons. The maximum atomic E-state index is 12.9. The van der Waals surface area contributed by atoms with E-state index in [9.17, 15) is 31.4 Å². The van der Waals surface area contributed by atoms with Gasteiger partial charge in [0.15, 0.2) is 6.10 Å².